The van der Waals surface area contributed by atoms with Crippen molar-refractivity contribution >= 4 is 0 Å². The summed E-state index contributed by atoms with van der Waals surface area (Å²) >= 11 is 0. The van der Waals surface area contributed by atoms with Gasteiger partial charge in [-0.1, -0.05) is 31.6 Å². The molecule has 2 aliphatic rings. The summed E-state index contributed by atoms with van der Waals surface area (Å²) in [5, 5.41) is 9.30. The van der Waals surface area contributed by atoms with Gasteiger partial charge in [0.2, 0.25) is 0 Å². The van der Waals surface area contributed by atoms with E-state index in [1.54, 1.807) is 5.57 Å². The predicted octanol–water partition coefficient (Wildman–Crippen LogP) is 3.70. The zero-order valence-electron chi connectivity index (χ0n) is 10.8. The molecule has 0 saturated heterocycles. The van der Waals surface area contributed by atoms with E-state index in [4.69, 9.17) is 0 Å². The number of hydrogen-bond donors (Lipinski definition) is 1. The number of aliphatic hydroxyl groups is 1. The summed E-state index contributed by atoms with van der Waals surface area (Å²) in [6, 6.07) is 0. The lowest BCUT2D eigenvalue weighted by molar-refractivity contribution is 0.177. The molecule has 0 aromatic heterocycles. The highest BCUT2D eigenvalue weighted by Crippen LogP contribution is 2.47. The van der Waals surface area contributed by atoms with Crippen molar-refractivity contribution in [2.75, 3.05) is 6.61 Å². The van der Waals surface area contributed by atoms with Crippen LogP contribution in [0.1, 0.15) is 46.5 Å². The molecule has 2 rings (SSSR count). The molecule has 1 nitrogen and oxygen atoms in total. The molecule has 0 bridgehead atoms. The molecule has 0 unspecified atom stereocenters. The van der Waals surface area contributed by atoms with E-state index in [2.05, 4.69) is 32.9 Å². The van der Waals surface area contributed by atoms with Gasteiger partial charge in [-0.05, 0) is 55.4 Å². The number of fused-ring (bicyclic) bond motifs is 1. The van der Waals surface area contributed by atoms with Crippen LogP contribution in [0.5, 0.6) is 0 Å². The Kier molecular flexibility index (Phi) is 3.25. The van der Waals surface area contributed by atoms with Gasteiger partial charge in [0.25, 0.3) is 0 Å². The van der Waals surface area contributed by atoms with Crippen molar-refractivity contribution < 1.29 is 5.11 Å². The standard InChI is InChI=1S/C15H24O/c1-11-5-4-8-15(2,3)14-9-12(10-16)6-7-13(11)14/h5,9,13-14,16H,4,6-8,10H2,1-3H3/t13-,14+/m0/s1. The highest BCUT2D eigenvalue weighted by Gasteiger charge is 2.37. The summed E-state index contributed by atoms with van der Waals surface area (Å²) in [5.74, 6) is 1.34. The summed E-state index contributed by atoms with van der Waals surface area (Å²) < 4.78 is 0. The van der Waals surface area contributed by atoms with Crippen molar-refractivity contribution in [1.29, 1.82) is 0 Å². The van der Waals surface area contributed by atoms with Gasteiger partial charge in [0.1, 0.15) is 0 Å². The molecule has 16 heavy (non-hydrogen) atoms. The average molecular weight is 220 g/mol. The molecule has 0 aromatic carbocycles. The molecule has 1 N–H and O–H groups in total. The molecule has 0 saturated carbocycles. The maximum Gasteiger partial charge on any atom is 0.0641 e. The normalized spacial score (nSPS) is 33.5. The number of rotatable bonds is 1. The summed E-state index contributed by atoms with van der Waals surface area (Å²) in [6.07, 6.45) is 9.59. The third kappa shape index (κ3) is 2.10. The Morgan fingerprint density at radius 2 is 2.19 bits per heavy atom. The zero-order valence-corrected chi connectivity index (χ0v) is 10.8. The first-order chi connectivity index (χ1) is 7.54. The van der Waals surface area contributed by atoms with Gasteiger partial charge in [-0.3, -0.25) is 0 Å². The van der Waals surface area contributed by atoms with Gasteiger partial charge < -0.3 is 5.11 Å². The van der Waals surface area contributed by atoms with Gasteiger partial charge in [0, 0.05) is 0 Å². The largest absolute Gasteiger partial charge is 0.392 e. The molecule has 2 atom stereocenters. The minimum atomic E-state index is 0.252. The first-order valence-electron chi connectivity index (χ1n) is 6.51. The van der Waals surface area contributed by atoms with Gasteiger partial charge in [-0.25, -0.2) is 0 Å². The lowest BCUT2D eigenvalue weighted by atomic mass is 9.65. The number of hydrogen-bond acceptors (Lipinski definition) is 1. The number of allylic oxidation sites excluding steroid dienone is 3. The smallest absolute Gasteiger partial charge is 0.0641 e. The monoisotopic (exact) mass is 220 g/mol. The second kappa shape index (κ2) is 4.37. The minimum absolute atomic E-state index is 0.252. The van der Waals surface area contributed by atoms with Crippen LogP contribution in [0.25, 0.3) is 0 Å². The van der Waals surface area contributed by atoms with Gasteiger partial charge in [-0.15, -0.1) is 0 Å². The maximum atomic E-state index is 9.30. The second-order valence-corrected chi connectivity index (χ2v) is 6.13. The number of aliphatic hydroxyl groups excluding tert-OH is 1. The van der Waals surface area contributed by atoms with E-state index in [0.717, 1.165) is 6.42 Å². The Labute approximate surface area is 99.3 Å². The summed E-state index contributed by atoms with van der Waals surface area (Å²) in [4.78, 5) is 0. The first-order valence-corrected chi connectivity index (χ1v) is 6.51. The summed E-state index contributed by atoms with van der Waals surface area (Å²) in [6.45, 7) is 7.31. The van der Waals surface area contributed by atoms with E-state index < -0.39 is 0 Å². The van der Waals surface area contributed by atoms with E-state index in [9.17, 15) is 5.11 Å². The Morgan fingerprint density at radius 3 is 2.88 bits per heavy atom. The third-order valence-corrected chi connectivity index (χ3v) is 4.57. The predicted molar refractivity (Wildman–Crippen MR) is 68.2 cm³/mol. The van der Waals surface area contributed by atoms with Gasteiger partial charge >= 0.3 is 0 Å². The maximum absolute atomic E-state index is 9.30. The molecule has 1 heteroatoms. The van der Waals surface area contributed by atoms with E-state index in [1.807, 2.05) is 0 Å². The van der Waals surface area contributed by atoms with E-state index in [-0.39, 0.29) is 6.61 Å². The molecule has 0 spiro atoms. The molecule has 0 aromatic rings. The van der Waals surface area contributed by atoms with Crippen molar-refractivity contribution in [1.82, 2.24) is 0 Å². The van der Waals surface area contributed by atoms with Crippen molar-refractivity contribution in [2.45, 2.75) is 46.5 Å². The lowest BCUT2D eigenvalue weighted by Gasteiger charge is -2.40. The van der Waals surface area contributed by atoms with E-state index in [0.29, 0.717) is 17.3 Å². The second-order valence-electron chi connectivity index (χ2n) is 6.13. The SMILES string of the molecule is CC1=CCCC(C)(C)[C@@H]2C=C(CO)CC[C@@H]12. The van der Waals surface area contributed by atoms with Crippen LogP contribution in [-0.4, -0.2) is 11.7 Å². The fourth-order valence-electron chi connectivity index (χ4n) is 3.38. The Bertz CT molecular complexity index is 322. The topological polar surface area (TPSA) is 20.2 Å². The molecule has 2 aliphatic carbocycles. The Hall–Kier alpha value is -0.560. The molecule has 0 fully saturated rings. The van der Waals surface area contributed by atoms with Crippen molar-refractivity contribution in [3.63, 3.8) is 0 Å². The molecular formula is C15H24O. The molecular weight excluding hydrogens is 196 g/mol. The van der Waals surface area contributed by atoms with Crippen LogP contribution in [0.3, 0.4) is 0 Å². The first kappa shape index (κ1) is 11.9. The van der Waals surface area contributed by atoms with Crippen LogP contribution in [0.15, 0.2) is 23.3 Å². The van der Waals surface area contributed by atoms with E-state index in [1.165, 1.54) is 24.8 Å². The van der Waals surface area contributed by atoms with Crippen molar-refractivity contribution in [2.24, 2.45) is 17.3 Å². The highest BCUT2D eigenvalue weighted by molar-refractivity contribution is 5.21. The third-order valence-electron chi connectivity index (χ3n) is 4.57. The average Bonchev–Trinajstić information content (AvgIpc) is 2.37. The van der Waals surface area contributed by atoms with Gasteiger partial charge in [-0.2, -0.15) is 0 Å². The molecule has 0 heterocycles. The van der Waals surface area contributed by atoms with E-state index >= 15 is 0 Å². The highest BCUT2D eigenvalue weighted by atomic mass is 16.3. The van der Waals surface area contributed by atoms with Gasteiger partial charge in [0.05, 0.1) is 6.61 Å². The van der Waals surface area contributed by atoms with Crippen LogP contribution in [0, 0.1) is 17.3 Å². The minimum Gasteiger partial charge on any atom is -0.392 e. The molecule has 90 valence electrons. The molecule has 0 radical (unpaired) electrons. The van der Waals surface area contributed by atoms with Crippen LogP contribution in [0.4, 0.5) is 0 Å². The lowest BCUT2D eigenvalue weighted by Crippen LogP contribution is -2.31. The van der Waals surface area contributed by atoms with Crippen LogP contribution in [-0.2, 0) is 0 Å². The molecule has 0 amide bonds. The molecule has 0 aliphatic heterocycles. The van der Waals surface area contributed by atoms with Gasteiger partial charge in [0.15, 0.2) is 0 Å². The Balaban J connectivity index is 2.34. The summed E-state index contributed by atoms with van der Waals surface area (Å²) in [7, 11) is 0. The zero-order chi connectivity index (χ0) is 11.8. The van der Waals surface area contributed by atoms with Crippen molar-refractivity contribution in [3.05, 3.63) is 23.3 Å². The Morgan fingerprint density at radius 1 is 1.44 bits per heavy atom. The van der Waals surface area contributed by atoms with Crippen molar-refractivity contribution in [3.8, 4) is 0 Å². The van der Waals surface area contributed by atoms with Crippen LogP contribution < -0.4 is 0 Å². The fourth-order valence-corrected chi connectivity index (χ4v) is 3.38. The van der Waals surface area contributed by atoms with Crippen LogP contribution >= 0.6 is 0 Å². The van der Waals surface area contributed by atoms with Crippen LogP contribution in [0.2, 0.25) is 0 Å². The summed E-state index contributed by atoms with van der Waals surface area (Å²) in [5.41, 5.74) is 3.20. The fraction of sp³-hybridized carbons (Fsp3) is 0.733. The quantitative estimate of drug-likeness (QED) is 0.668.